The Morgan fingerprint density at radius 1 is 1.29 bits per heavy atom. The van der Waals surface area contributed by atoms with Gasteiger partial charge in [-0.05, 0) is 30.3 Å². The van der Waals surface area contributed by atoms with E-state index in [1.165, 1.54) is 6.07 Å². The zero-order valence-electron chi connectivity index (χ0n) is 8.61. The van der Waals surface area contributed by atoms with Gasteiger partial charge in [0, 0.05) is 4.47 Å². The van der Waals surface area contributed by atoms with E-state index in [0.717, 1.165) is 0 Å². The summed E-state index contributed by atoms with van der Waals surface area (Å²) in [6.07, 6.45) is 0. The lowest BCUT2D eigenvalue weighted by molar-refractivity contribution is 0.631. The summed E-state index contributed by atoms with van der Waals surface area (Å²) < 4.78 is 14.2. The van der Waals surface area contributed by atoms with Crippen molar-refractivity contribution < 1.29 is 4.39 Å². The lowest BCUT2D eigenvalue weighted by atomic mass is 10.3. The second-order valence-corrected chi connectivity index (χ2v) is 4.18. The van der Waals surface area contributed by atoms with Crippen LogP contribution in [0, 0.1) is 17.1 Å². The third-order valence-corrected chi connectivity index (χ3v) is 2.55. The first-order valence-electron chi connectivity index (χ1n) is 4.78. The predicted octanol–water partition coefficient (Wildman–Crippen LogP) is 3.60. The molecule has 1 aromatic carbocycles. The molecule has 2 rings (SSSR count). The number of pyridine rings is 1. The van der Waals surface area contributed by atoms with Crippen LogP contribution in [0.5, 0.6) is 0 Å². The van der Waals surface area contributed by atoms with Gasteiger partial charge in [0.15, 0.2) is 0 Å². The molecule has 1 aromatic heterocycles. The van der Waals surface area contributed by atoms with Gasteiger partial charge in [0.2, 0.25) is 0 Å². The lowest BCUT2D eigenvalue weighted by Gasteiger charge is -2.06. The van der Waals surface area contributed by atoms with Crippen molar-refractivity contribution in [3.63, 3.8) is 0 Å². The maximum Gasteiger partial charge on any atom is 0.147 e. The topological polar surface area (TPSA) is 48.7 Å². The van der Waals surface area contributed by atoms with E-state index in [-0.39, 0.29) is 11.5 Å². The number of nitrogens with zero attached hydrogens (tertiary/aromatic N) is 2. The first-order chi connectivity index (χ1) is 8.19. The van der Waals surface area contributed by atoms with Crippen LogP contribution in [0.1, 0.15) is 5.69 Å². The van der Waals surface area contributed by atoms with Gasteiger partial charge < -0.3 is 5.32 Å². The summed E-state index contributed by atoms with van der Waals surface area (Å²) in [5.74, 6) is 0.0498. The highest BCUT2D eigenvalue weighted by atomic mass is 79.9. The minimum absolute atomic E-state index is 0.285. The third-order valence-electron chi connectivity index (χ3n) is 2.06. The van der Waals surface area contributed by atoms with Crippen LogP contribution in [0.15, 0.2) is 40.9 Å². The van der Waals surface area contributed by atoms with Gasteiger partial charge in [0.1, 0.15) is 23.4 Å². The molecule has 0 aliphatic rings. The van der Waals surface area contributed by atoms with E-state index in [2.05, 4.69) is 26.2 Å². The van der Waals surface area contributed by atoms with E-state index in [1.807, 2.05) is 6.07 Å². The van der Waals surface area contributed by atoms with Crippen LogP contribution in [0.2, 0.25) is 0 Å². The molecular weight excluding hydrogens is 285 g/mol. The Bertz CT molecular complexity index is 593. The molecule has 17 heavy (non-hydrogen) atoms. The van der Waals surface area contributed by atoms with E-state index in [4.69, 9.17) is 5.26 Å². The average molecular weight is 292 g/mol. The largest absolute Gasteiger partial charge is 0.338 e. The summed E-state index contributed by atoms with van der Waals surface area (Å²) >= 11 is 3.18. The van der Waals surface area contributed by atoms with Crippen LogP contribution < -0.4 is 5.32 Å². The molecule has 0 amide bonds. The van der Waals surface area contributed by atoms with E-state index in [0.29, 0.717) is 16.0 Å². The molecule has 0 aliphatic heterocycles. The van der Waals surface area contributed by atoms with Crippen LogP contribution >= 0.6 is 15.9 Å². The maximum absolute atomic E-state index is 13.5. The summed E-state index contributed by atoms with van der Waals surface area (Å²) in [6.45, 7) is 0. The lowest BCUT2D eigenvalue weighted by Crippen LogP contribution is -1.97. The van der Waals surface area contributed by atoms with Crippen molar-refractivity contribution in [3.8, 4) is 6.07 Å². The Morgan fingerprint density at radius 2 is 2.12 bits per heavy atom. The third kappa shape index (κ3) is 2.80. The number of halogens is 2. The number of hydrogen-bond donors (Lipinski definition) is 1. The molecule has 2 aromatic rings. The van der Waals surface area contributed by atoms with Crippen molar-refractivity contribution in [2.75, 3.05) is 5.32 Å². The minimum Gasteiger partial charge on any atom is -0.338 e. The summed E-state index contributed by atoms with van der Waals surface area (Å²) in [6, 6.07) is 11.5. The molecule has 0 radical (unpaired) electrons. The molecule has 0 saturated carbocycles. The number of rotatable bonds is 2. The average Bonchev–Trinajstić information content (AvgIpc) is 2.33. The number of anilines is 2. The fourth-order valence-electron chi connectivity index (χ4n) is 1.30. The summed E-state index contributed by atoms with van der Waals surface area (Å²) in [7, 11) is 0. The molecule has 0 saturated heterocycles. The number of benzene rings is 1. The fourth-order valence-corrected chi connectivity index (χ4v) is 1.63. The van der Waals surface area contributed by atoms with Crippen molar-refractivity contribution in [2.45, 2.75) is 0 Å². The Labute approximate surface area is 106 Å². The van der Waals surface area contributed by atoms with Crippen LogP contribution in [-0.2, 0) is 0 Å². The molecule has 1 heterocycles. The number of hydrogen-bond acceptors (Lipinski definition) is 3. The molecule has 0 bridgehead atoms. The first kappa shape index (κ1) is 11.6. The highest BCUT2D eigenvalue weighted by Gasteiger charge is 2.04. The molecule has 1 N–H and O–H groups in total. The Morgan fingerprint density at radius 3 is 2.82 bits per heavy atom. The van der Waals surface area contributed by atoms with E-state index < -0.39 is 0 Å². The van der Waals surface area contributed by atoms with Crippen molar-refractivity contribution >= 4 is 27.4 Å². The van der Waals surface area contributed by atoms with Gasteiger partial charge >= 0.3 is 0 Å². The van der Waals surface area contributed by atoms with Gasteiger partial charge in [0.25, 0.3) is 0 Å². The maximum atomic E-state index is 13.5. The monoisotopic (exact) mass is 291 g/mol. The molecule has 0 atom stereocenters. The van der Waals surface area contributed by atoms with Gasteiger partial charge in [-0.1, -0.05) is 22.0 Å². The van der Waals surface area contributed by atoms with Crippen LogP contribution in [0.25, 0.3) is 0 Å². The Balaban J connectivity index is 2.28. The SMILES string of the molecule is N#Cc1cccc(Nc2ccc(Br)cc2F)n1. The zero-order chi connectivity index (χ0) is 12.3. The van der Waals surface area contributed by atoms with E-state index in [9.17, 15) is 4.39 Å². The highest BCUT2D eigenvalue weighted by Crippen LogP contribution is 2.22. The van der Waals surface area contributed by atoms with Gasteiger partial charge in [0.05, 0.1) is 5.69 Å². The summed E-state index contributed by atoms with van der Waals surface area (Å²) in [5.41, 5.74) is 0.600. The van der Waals surface area contributed by atoms with Gasteiger partial charge in [-0.15, -0.1) is 0 Å². The van der Waals surface area contributed by atoms with Gasteiger partial charge in [-0.3, -0.25) is 0 Å². The molecule has 5 heteroatoms. The molecule has 0 spiro atoms. The molecular formula is C12H7BrFN3. The Hall–Kier alpha value is -1.93. The van der Waals surface area contributed by atoms with Gasteiger partial charge in [-0.2, -0.15) is 5.26 Å². The summed E-state index contributed by atoms with van der Waals surface area (Å²) in [5, 5.41) is 11.5. The predicted molar refractivity (Wildman–Crippen MR) is 66.3 cm³/mol. The number of nitrogens with one attached hydrogen (secondary N) is 1. The summed E-state index contributed by atoms with van der Waals surface area (Å²) in [4.78, 5) is 4.00. The molecule has 3 nitrogen and oxygen atoms in total. The van der Waals surface area contributed by atoms with E-state index in [1.54, 1.807) is 30.3 Å². The van der Waals surface area contributed by atoms with E-state index >= 15 is 0 Å². The van der Waals surface area contributed by atoms with Gasteiger partial charge in [-0.25, -0.2) is 9.37 Å². The molecule has 0 unspecified atom stereocenters. The van der Waals surface area contributed by atoms with Crippen LogP contribution in [0.3, 0.4) is 0 Å². The smallest absolute Gasteiger partial charge is 0.147 e. The van der Waals surface area contributed by atoms with Crippen LogP contribution in [0.4, 0.5) is 15.9 Å². The standard InChI is InChI=1S/C12H7BrFN3/c13-8-4-5-11(10(14)6-8)17-12-3-1-2-9(7-15)16-12/h1-6H,(H,16,17). The zero-order valence-corrected chi connectivity index (χ0v) is 10.2. The highest BCUT2D eigenvalue weighted by molar-refractivity contribution is 9.10. The number of nitriles is 1. The van der Waals surface area contributed by atoms with Crippen LogP contribution in [-0.4, -0.2) is 4.98 Å². The Kier molecular flexibility index (Phi) is 3.35. The molecule has 0 aliphatic carbocycles. The fraction of sp³-hybridized carbons (Fsp3) is 0. The van der Waals surface area contributed by atoms with Crippen molar-refractivity contribution in [2.24, 2.45) is 0 Å². The minimum atomic E-state index is -0.386. The molecule has 84 valence electrons. The number of aromatic nitrogens is 1. The van der Waals surface area contributed by atoms with Crippen molar-refractivity contribution in [3.05, 3.63) is 52.4 Å². The quantitative estimate of drug-likeness (QED) is 0.920. The van der Waals surface area contributed by atoms with Crippen molar-refractivity contribution in [1.29, 1.82) is 5.26 Å². The second-order valence-electron chi connectivity index (χ2n) is 3.27. The first-order valence-corrected chi connectivity index (χ1v) is 5.57. The van der Waals surface area contributed by atoms with Crippen molar-refractivity contribution in [1.82, 2.24) is 4.98 Å². The molecule has 0 fully saturated rings. The normalized spacial score (nSPS) is 9.71. The second kappa shape index (κ2) is 4.93.